The first kappa shape index (κ1) is 19.7. The van der Waals surface area contributed by atoms with E-state index in [0.717, 1.165) is 11.1 Å². The van der Waals surface area contributed by atoms with Crippen molar-refractivity contribution < 1.29 is 9.18 Å². The minimum absolute atomic E-state index is 0.278. The number of halogens is 1. The molecule has 0 saturated heterocycles. The average Bonchev–Trinajstić information content (AvgIpc) is 3.18. The van der Waals surface area contributed by atoms with Crippen LogP contribution in [0.4, 0.5) is 10.1 Å². The number of carbonyl (C=O) groups is 1. The van der Waals surface area contributed by atoms with Gasteiger partial charge in [0.15, 0.2) is 5.16 Å². The molecule has 3 heterocycles. The lowest BCUT2D eigenvalue weighted by Gasteiger charge is -2.16. The van der Waals surface area contributed by atoms with E-state index in [4.69, 9.17) is 0 Å². The molecule has 0 aliphatic carbocycles. The van der Waals surface area contributed by atoms with Crippen LogP contribution in [0.25, 0.3) is 21.3 Å². The van der Waals surface area contributed by atoms with Gasteiger partial charge in [0, 0.05) is 34.9 Å². The highest BCUT2D eigenvalue weighted by atomic mass is 32.2. The minimum atomic E-state index is -0.517. The average molecular weight is 451 g/mol. The first-order valence-electron chi connectivity index (χ1n) is 9.39. The summed E-state index contributed by atoms with van der Waals surface area (Å²) in [6.07, 6.45) is 0. The molecule has 0 saturated carbocycles. The minimum Gasteiger partial charge on any atom is -0.326 e. The summed E-state index contributed by atoms with van der Waals surface area (Å²) < 4.78 is 16.0. The Balaban J connectivity index is 1.62. The Morgan fingerprint density at radius 2 is 1.97 bits per heavy atom. The fraction of sp³-hybridized carbons (Fsp3) is 0.0909. The van der Waals surface area contributed by atoms with Crippen molar-refractivity contribution in [2.75, 3.05) is 11.1 Å². The van der Waals surface area contributed by atoms with E-state index in [1.807, 2.05) is 35.7 Å². The Morgan fingerprint density at radius 1 is 1.16 bits per heavy atom. The first-order valence-corrected chi connectivity index (χ1v) is 11.3. The van der Waals surface area contributed by atoms with Gasteiger partial charge in [0.2, 0.25) is 5.91 Å². The highest BCUT2D eigenvalue weighted by molar-refractivity contribution is 7.99. The number of fused-ring (bicyclic) bond motifs is 2. The molecule has 31 heavy (non-hydrogen) atoms. The number of hydrogen-bond acceptors (Lipinski definition) is 6. The van der Waals surface area contributed by atoms with E-state index in [0.29, 0.717) is 32.5 Å². The van der Waals surface area contributed by atoms with Gasteiger partial charge in [0.05, 0.1) is 11.1 Å². The third-order valence-corrected chi connectivity index (χ3v) is 6.61. The van der Waals surface area contributed by atoms with Crippen molar-refractivity contribution in [1.82, 2.24) is 9.66 Å². The standard InChI is InChI=1S/C22H15FN4O2S2/c1-12(28)24-14-7-8-15(17(23)9-14)18-11-31-22-25-20-19(21(29)27(22)26-18)16(10-30-20)13-5-3-2-4-6-13/h2-10H,11H2,1H3,(H,24,28). The molecule has 0 fully saturated rings. The second-order valence-corrected chi connectivity index (χ2v) is 8.72. The zero-order valence-corrected chi connectivity index (χ0v) is 17.9. The molecule has 1 aliphatic rings. The topological polar surface area (TPSA) is 76.3 Å². The monoisotopic (exact) mass is 450 g/mol. The van der Waals surface area contributed by atoms with Crippen molar-refractivity contribution in [2.45, 2.75) is 12.1 Å². The molecule has 6 nitrogen and oxygen atoms in total. The van der Waals surface area contributed by atoms with Crippen LogP contribution < -0.4 is 10.9 Å². The first-order chi connectivity index (χ1) is 15.0. The summed E-state index contributed by atoms with van der Waals surface area (Å²) in [5, 5.41) is 9.91. The molecular formula is C22H15FN4O2S2. The summed E-state index contributed by atoms with van der Waals surface area (Å²) >= 11 is 2.76. The second kappa shape index (κ2) is 7.75. The molecule has 5 rings (SSSR count). The lowest BCUT2D eigenvalue weighted by Crippen LogP contribution is -2.26. The fourth-order valence-electron chi connectivity index (χ4n) is 3.42. The molecule has 0 spiro atoms. The van der Waals surface area contributed by atoms with Crippen molar-refractivity contribution in [2.24, 2.45) is 5.10 Å². The molecule has 2 aromatic carbocycles. The summed E-state index contributed by atoms with van der Waals surface area (Å²) in [5.41, 5.74) is 2.55. The van der Waals surface area contributed by atoms with Crippen LogP contribution in [-0.2, 0) is 4.79 Å². The molecule has 0 atom stereocenters. The molecule has 4 aromatic rings. The second-order valence-electron chi connectivity index (χ2n) is 6.92. The predicted molar refractivity (Wildman–Crippen MR) is 123 cm³/mol. The van der Waals surface area contributed by atoms with Crippen molar-refractivity contribution >= 4 is 50.6 Å². The highest BCUT2D eigenvalue weighted by Gasteiger charge is 2.23. The molecule has 0 bridgehead atoms. The van der Waals surface area contributed by atoms with Gasteiger partial charge in [0.25, 0.3) is 5.56 Å². The highest BCUT2D eigenvalue weighted by Crippen LogP contribution is 2.33. The largest absolute Gasteiger partial charge is 0.326 e. The SMILES string of the molecule is CC(=O)Nc1ccc(C2=Nn3c(nc4scc(-c5ccccc5)c4c3=O)SC2)c(F)c1. The fourth-order valence-corrected chi connectivity index (χ4v) is 5.30. The normalized spacial score (nSPS) is 13.0. The van der Waals surface area contributed by atoms with Gasteiger partial charge >= 0.3 is 0 Å². The molecule has 1 aliphatic heterocycles. The summed E-state index contributed by atoms with van der Waals surface area (Å²) in [5.74, 6) is -0.416. The number of thioether (sulfide) groups is 1. The van der Waals surface area contributed by atoms with E-state index < -0.39 is 5.82 Å². The maximum atomic E-state index is 14.7. The van der Waals surface area contributed by atoms with Crippen LogP contribution in [-0.4, -0.2) is 27.0 Å². The zero-order chi connectivity index (χ0) is 21.5. The molecule has 2 aromatic heterocycles. The van der Waals surface area contributed by atoms with Gasteiger partial charge in [-0.15, -0.1) is 11.3 Å². The van der Waals surface area contributed by atoms with Gasteiger partial charge < -0.3 is 5.32 Å². The van der Waals surface area contributed by atoms with Gasteiger partial charge in [-0.3, -0.25) is 9.59 Å². The quantitative estimate of drug-likeness (QED) is 0.464. The van der Waals surface area contributed by atoms with Crippen molar-refractivity contribution in [3.05, 3.63) is 75.6 Å². The molecule has 0 radical (unpaired) electrons. The lowest BCUT2D eigenvalue weighted by molar-refractivity contribution is -0.114. The van der Waals surface area contributed by atoms with Crippen LogP contribution in [0.1, 0.15) is 12.5 Å². The van der Waals surface area contributed by atoms with E-state index in [9.17, 15) is 14.0 Å². The van der Waals surface area contributed by atoms with Gasteiger partial charge in [-0.05, 0) is 23.8 Å². The predicted octanol–water partition coefficient (Wildman–Crippen LogP) is 4.58. The van der Waals surface area contributed by atoms with Crippen LogP contribution in [0.15, 0.2) is 69.0 Å². The number of anilines is 1. The van der Waals surface area contributed by atoms with Crippen LogP contribution in [0.2, 0.25) is 0 Å². The van der Waals surface area contributed by atoms with Crippen LogP contribution in [0.5, 0.6) is 0 Å². The van der Waals surface area contributed by atoms with Crippen LogP contribution in [0.3, 0.4) is 0 Å². The van der Waals surface area contributed by atoms with Gasteiger partial charge in [-0.25, -0.2) is 9.37 Å². The maximum Gasteiger partial charge on any atom is 0.284 e. The molecule has 1 amide bonds. The van der Waals surface area contributed by atoms with E-state index in [1.165, 1.54) is 40.8 Å². The smallest absolute Gasteiger partial charge is 0.284 e. The Labute approximate surface area is 184 Å². The number of aromatic nitrogens is 2. The van der Waals surface area contributed by atoms with Gasteiger partial charge in [-0.1, -0.05) is 42.1 Å². The summed E-state index contributed by atoms with van der Waals surface area (Å²) in [6, 6.07) is 14.1. The Bertz CT molecular complexity index is 1430. The van der Waals surface area contributed by atoms with Crippen molar-refractivity contribution in [1.29, 1.82) is 0 Å². The molecule has 9 heteroatoms. The molecular weight excluding hydrogens is 435 g/mol. The number of carbonyl (C=O) groups excluding carboxylic acids is 1. The Kier molecular flexibility index (Phi) is 4.91. The van der Waals surface area contributed by atoms with E-state index in [-0.39, 0.29) is 17.0 Å². The number of benzene rings is 2. The number of amides is 1. The summed E-state index contributed by atoms with van der Waals surface area (Å²) in [7, 11) is 0. The number of hydrogen-bond donors (Lipinski definition) is 1. The number of nitrogens with zero attached hydrogens (tertiary/aromatic N) is 3. The third kappa shape index (κ3) is 3.55. The number of thiophene rings is 1. The Morgan fingerprint density at radius 3 is 2.71 bits per heavy atom. The van der Waals surface area contributed by atoms with Gasteiger partial charge in [0.1, 0.15) is 10.6 Å². The lowest BCUT2D eigenvalue weighted by atomic mass is 10.1. The zero-order valence-electron chi connectivity index (χ0n) is 16.3. The molecule has 0 unspecified atom stereocenters. The summed E-state index contributed by atoms with van der Waals surface area (Å²) in [6.45, 7) is 1.36. The maximum absolute atomic E-state index is 14.7. The van der Waals surface area contributed by atoms with E-state index >= 15 is 0 Å². The summed E-state index contributed by atoms with van der Waals surface area (Å²) in [4.78, 5) is 29.8. The van der Waals surface area contributed by atoms with Crippen LogP contribution in [0, 0.1) is 5.82 Å². The Hall–Kier alpha value is -3.30. The number of nitrogens with one attached hydrogen (secondary N) is 1. The van der Waals surface area contributed by atoms with Crippen molar-refractivity contribution in [3.8, 4) is 11.1 Å². The molecule has 1 N–H and O–H groups in total. The third-order valence-electron chi connectivity index (χ3n) is 4.80. The van der Waals surface area contributed by atoms with E-state index in [2.05, 4.69) is 15.4 Å². The van der Waals surface area contributed by atoms with Gasteiger partial charge in [-0.2, -0.15) is 9.78 Å². The van der Waals surface area contributed by atoms with Crippen molar-refractivity contribution in [3.63, 3.8) is 0 Å². The number of rotatable bonds is 3. The molecule has 154 valence electrons. The van der Waals surface area contributed by atoms with Crippen LogP contribution >= 0.6 is 23.1 Å². The van der Waals surface area contributed by atoms with E-state index in [1.54, 1.807) is 12.1 Å².